The van der Waals surface area contributed by atoms with E-state index in [4.69, 9.17) is 10.7 Å². The molecule has 1 N–H and O–H groups in total. The Morgan fingerprint density at radius 3 is 2.15 bits per heavy atom. The molecule has 0 unspecified atom stereocenters. The van der Waals surface area contributed by atoms with Gasteiger partial charge < -0.3 is 0 Å². The highest BCUT2D eigenvalue weighted by atomic mass is 35.7. The van der Waals surface area contributed by atoms with Gasteiger partial charge in [-0.1, -0.05) is 6.92 Å². The summed E-state index contributed by atoms with van der Waals surface area (Å²) in [6, 6.07) is 2.76. The number of benzene rings is 1. The van der Waals surface area contributed by atoms with Gasteiger partial charge in [-0.05, 0) is 50.5 Å². The van der Waals surface area contributed by atoms with Gasteiger partial charge in [0.1, 0.15) is 0 Å². The Bertz CT molecular complexity index is 709. The van der Waals surface area contributed by atoms with E-state index in [0.29, 0.717) is 23.2 Å². The van der Waals surface area contributed by atoms with Crippen LogP contribution in [0.5, 0.6) is 0 Å². The third-order valence-electron chi connectivity index (χ3n) is 2.92. The number of halogens is 1. The molecule has 0 fully saturated rings. The summed E-state index contributed by atoms with van der Waals surface area (Å²) in [7, 11) is -2.00. The maximum Gasteiger partial charge on any atom is 0.261 e. The summed E-state index contributed by atoms with van der Waals surface area (Å²) in [4.78, 5) is -0.0268. The third kappa shape index (κ3) is 3.86. The Kier molecular flexibility index (Phi) is 5.10. The first-order valence-electron chi connectivity index (χ1n) is 6.08. The van der Waals surface area contributed by atoms with E-state index in [1.165, 1.54) is 12.1 Å². The Morgan fingerprint density at radius 1 is 1.20 bits per heavy atom. The van der Waals surface area contributed by atoms with Crippen LogP contribution < -0.4 is 4.72 Å². The molecule has 20 heavy (non-hydrogen) atoms. The second kappa shape index (κ2) is 5.91. The van der Waals surface area contributed by atoms with Gasteiger partial charge in [-0.3, -0.25) is 4.72 Å². The Morgan fingerprint density at radius 2 is 1.75 bits per heavy atom. The Hall–Kier alpha value is -0.790. The van der Waals surface area contributed by atoms with Crippen LogP contribution in [0.1, 0.15) is 31.9 Å². The van der Waals surface area contributed by atoms with Crippen molar-refractivity contribution in [2.45, 2.75) is 44.3 Å². The van der Waals surface area contributed by atoms with Crippen LogP contribution in [0.3, 0.4) is 0 Å². The molecular formula is C12H18ClNO4S2. The molecule has 0 amide bonds. The van der Waals surface area contributed by atoms with E-state index in [9.17, 15) is 16.8 Å². The molecule has 0 bridgehead atoms. The van der Waals surface area contributed by atoms with Crippen molar-refractivity contribution in [3.05, 3.63) is 23.3 Å². The first kappa shape index (κ1) is 17.3. The minimum absolute atomic E-state index is 0.0268. The zero-order valence-electron chi connectivity index (χ0n) is 11.8. The summed E-state index contributed by atoms with van der Waals surface area (Å²) in [6.45, 7) is 6.59. The number of hydrogen-bond donors (Lipinski definition) is 1. The molecule has 0 saturated carbocycles. The third-order valence-corrected chi connectivity index (χ3v) is 5.98. The monoisotopic (exact) mass is 339 g/mol. The minimum Gasteiger partial charge on any atom is -0.283 e. The van der Waals surface area contributed by atoms with Crippen LogP contribution in [-0.2, 0) is 25.5 Å². The largest absolute Gasteiger partial charge is 0.283 e. The minimum atomic E-state index is -3.84. The molecule has 1 aromatic rings. The normalized spacial score (nSPS) is 12.7. The summed E-state index contributed by atoms with van der Waals surface area (Å²) >= 11 is 0. The first-order chi connectivity index (χ1) is 8.99. The number of anilines is 1. The van der Waals surface area contributed by atoms with Gasteiger partial charge in [0.2, 0.25) is 10.0 Å². The van der Waals surface area contributed by atoms with E-state index >= 15 is 0 Å². The van der Waals surface area contributed by atoms with Crippen LogP contribution in [0.4, 0.5) is 5.69 Å². The fraction of sp³-hybridized carbons (Fsp3) is 0.500. The highest BCUT2D eigenvalue weighted by molar-refractivity contribution is 8.13. The molecular weight excluding hydrogens is 322 g/mol. The second-order valence-corrected chi connectivity index (χ2v) is 9.56. The highest BCUT2D eigenvalue weighted by Gasteiger charge is 2.20. The molecule has 114 valence electrons. The molecule has 0 aromatic heterocycles. The molecule has 0 aliphatic rings. The Balaban J connectivity index is 3.43. The van der Waals surface area contributed by atoms with Crippen molar-refractivity contribution in [2.24, 2.45) is 0 Å². The quantitative estimate of drug-likeness (QED) is 0.836. The van der Waals surface area contributed by atoms with E-state index in [0.717, 1.165) is 0 Å². The molecule has 1 aromatic carbocycles. The summed E-state index contributed by atoms with van der Waals surface area (Å²) in [5.41, 5.74) is 1.53. The van der Waals surface area contributed by atoms with Crippen molar-refractivity contribution in [2.75, 3.05) is 4.72 Å². The lowest BCUT2D eigenvalue weighted by atomic mass is 10.1. The summed E-state index contributed by atoms with van der Waals surface area (Å²) < 4.78 is 49.2. The average Bonchev–Trinajstić information content (AvgIpc) is 2.29. The molecule has 0 aliphatic heterocycles. The van der Waals surface area contributed by atoms with Crippen LogP contribution in [0.25, 0.3) is 0 Å². The zero-order chi connectivity index (χ0) is 15.7. The lowest BCUT2D eigenvalue weighted by Gasteiger charge is -2.17. The van der Waals surface area contributed by atoms with Crippen LogP contribution in [-0.4, -0.2) is 22.1 Å². The van der Waals surface area contributed by atoms with E-state index in [1.54, 1.807) is 20.8 Å². The van der Waals surface area contributed by atoms with E-state index in [2.05, 4.69) is 4.72 Å². The van der Waals surface area contributed by atoms with Crippen LogP contribution in [0, 0.1) is 6.92 Å². The number of rotatable bonds is 5. The maximum atomic E-state index is 11.9. The lowest BCUT2D eigenvalue weighted by molar-refractivity contribution is 0.592. The Labute approximate surface area is 124 Å². The highest BCUT2D eigenvalue weighted by Crippen LogP contribution is 2.28. The van der Waals surface area contributed by atoms with Gasteiger partial charge in [-0.2, -0.15) is 0 Å². The van der Waals surface area contributed by atoms with E-state index < -0.39 is 24.3 Å². The van der Waals surface area contributed by atoms with Crippen LogP contribution >= 0.6 is 10.7 Å². The lowest BCUT2D eigenvalue weighted by Crippen LogP contribution is -2.23. The standard InChI is InChI=1S/C12H18ClNO4S2/c1-5-10-7-11(19(13,15)16)6-9(4)12(10)14-20(17,18)8(2)3/h6-8,14H,5H2,1-4H3. The van der Waals surface area contributed by atoms with Gasteiger partial charge in [0.05, 0.1) is 15.8 Å². The maximum absolute atomic E-state index is 11.9. The zero-order valence-corrected chi connectivity index (χ0v) is 14.2. The SMILES string of the molecule is CCc1cc(S(=O)(=O)Cl)cc(C)c1NS(=O)(=O)C(C)C. The molecule has 0 saturated heterocycles. The van der Waals surface area contributed by atoms with Crippen molar-refractivity contribution in [3.63, 3.8) is 0 Å². The van der Waals surface area contributed by atoms with E-state index in [1.807, 2.05) is 6.92 Å². The first-order valence-corrected chi connectivity index (χ1v) is 9.94. The number of aryl methyl sites for hydroxylation is 2. The second-order valence-electron chi connectivity index (χ2n) is 4.76. The molecule has 5 nitrogen and oxygen atoms in total. The number of sulfonamides is 1. The van der Waals surface area contributed by atoms with Crippen molar-refractivity contribution in [3.8, 4) is 0 Å². The van der Waals surface area contributed by atoms with Gasteiger partial charge >= 0.3 is 0 Å². The van der Waals surface area contributed by atoms with E-state index in [-0.39, 0.29) is 4.90 Å². The summed E-state index contributed by atoms with van der Waals surface area (Å²) in [5.74, 6) is 0. The van der Waals surface area contributed by atoms with Crippen LogP contribution in [0.15, 0.2) is 17.0 Å². The summed E-state index contributed by atoms with van der Waals surface area (Å²) in [6.07, 6.45) is 0.483. The number of hydrogen-bond acceptors (Lipinski definition) is 4. The molecule has 0 radical (unpaired) electrons. The van der Waals surface area contributed by atoms with Crippen LogP contribution in [0.2, 0.25) is 0 Å². The van der Waals surface area contributed by atoms with Crippen molar-refractivity contribution in [1.29, 1.82) is 0 Å². The predicted octanol–water partition coefficient (Wildman–Crippen LogP) is 2.64. The molecule has 0 atom stereocenters. The summed E-state index contributed by atoms with van der Waals surface area (Å²) in [5, 5.41) is -0.581. The van der Waals surface area contributed by atoms with Crippen molar-refractivity contribution >= 4 is 35.4 Å². The fourth-order valence-electron chi connectivity index (χ4n) is 1.65. The molecule has 1 rings (SSSR count). The van der Waals surface area contributed by atoms with Gasteiger partial charge in [-0.25, -0.2) is 16.8 Å². The molecule has 0 heterocycles. The van der Waals surface area contributed by atoms with Crippen molar-refractivity contribution < 1.29 is 16.8 Å². The topological polar surface area (TPSA) is 80.3 Å². The average molecular weight is 340 g/mol. The van der Waals surface area contributed by atoms with Gasteiger partial charge in [0.15, 0.2) is 0 Å². The van der Waals surface area contributed by atoms with Gasteiger partial charge in [-0.15, -0.1) is 0 Å². The van der Waals surface area contributed by atoms with Gasteiger partial charge in [0, 0.05) is 10.7 Å². The fourth-order valence-corrected chi connectivity index (χ4v) is 3.33. The molecule has 8 heteroatoms. The van der Waals surface area contributed by atoms with Crippen molar-refractivity contribution in [1.82, 2.24) is 0 Å². The molecule has 0 aliphatic carbocycles. The smallest absolute Gasteiger partial charge is 0.261 e. The molecule has 0 spiro atoms. The predicted molar refractivity (Wildman–Crippen MR) is 81.3 cm³/mol. The van der Waals surface area contributed by atoms with Gasteiger partial charge in [0.25, 0.3) is 9.05 Å². The number of nitrogens with one attached hydrogen (secondary N) is 1.